The lowest BCUT2D eigenvalue weighted by atomic mass is 10.0. The first-order chi connectivity index (χ1) is 5.65. The first kappa shape index (κ1) is 8.91. The van der Waals surface area contributed by atoms with Crippen LogP contribution in [-0.4, -0.2) is 0 Å². The summed E-state index contributed by atoms with van der Waals surface area (Å²) in [6.45, 7) is 6.09. The summed E-state index contributed by atoms with van der Waals surface area (Å²) < 4.78 is 0. The van der Waals surface area contributed by atoms with Crippen molar-refractivity contribution in [2.45, 2.75) is 26.8 Å². The van der Waals surface area contributed by atoms with E-state index in [1.807, 2.05) is 13.0 Å². The SMILES string of the molecule is Cc1ccc(C(C)N=N)cc1C. The summed E-state index contributed by atoms with van der Waals surface area (Å²) in [6.07, 6.45) is 0. The summed E-state index contributed by atoms with van der Waals surface area (Å²) in [4.78, 5) is 0. The van der Waals surface area contributed by atoms with Crippen molar-refractivity contribution in [3.05, 3.63) is 34.9 Å². The summed E-state index contributed by atoms with van der Waals surface area (Å²) in [5, 5.41) is 3.48. The second-order valence-corrected chi connectivity index (χ2v) is 3.15. The summed E-state index contributed by atoms with van der Waals surface area (Å²) >= 11 is 0. The molecule has 64 valence electrons. The van der Waals surface area contributed by atoms with E-state index in [1.165, 1.54) is 11.1 Å². The van der Waals surface area contributed by atoms with Crippen LogP contribution in [0.25, 0.3) is 0 Å². The molecule has 1 N–H and O–H groups in total. The first-order valence-electron chi connectivity index (χ1n) is 4.09. The fourth-order valence-corrected chi connectivity index (χ4v) is 1.10. The molecular weight excluding hydrogens is 148 g/mol. The van der Waals surface area contributed by atoms with Gasteiger partial charge >= 0.3 is 0 Å². The van der Waals surface area contributed by atoms with Gasteiger partial charge in [-0.15, -0.1) is 0 Å². The lowest BCUT2D eigenvalue weighted by molar-refractivity contribution is 0.733. The predicted molar refractivity (Wildman–Crippen MR) is 49.5 cm³/mol. The molecular formula is C10H14N2. The number of nitrogens with zero attached hydrogens (tertiary/aromatic N) is 1. The van der Waals surface area contributed by atoms with Crippen molar-refractivity contribution in [2.24, 2.45) is 5.11 Å². The molecule has 0 saturated carbocycles. The van der Waals surface area contributed by atoms with Gasteiger partial charge in [0.05, 0.1) is 6.04 Å². The van der Waals surface area contributed by atoms with Gasteiger partial charge in [-0.1, -0.05) is 18.2 Å². The molecule has 1 aromatic rings. The summed E-state index contributed by atoms with van der Waals surface area (Å²) in [5.74, 6) is 0. The molecule has 0 aliphatic rings. The molecule has 0 radical (unpaired) electrons. The molecule has 1 unspecified atom stereocenters. The van der Waals surface area contributed by atoms with E-state index in [4.69, 9.17) is 5.53 Å². The van der Waals surface area contributed by atoms with Gasteiger partial charge in [-0.05, 0) is 37.5 Å². The van der Waals surface area contributed by atoms with Gasteiger partial charge in [0.2, 0.25) is 0 Å². The van der Waals surface area contributed by atoms with E-state index >= 15 is 0 Å². The van der Waals surface area contributed by atoms with Crippen LogP contribution in [0.15, 0.2) is 23.3 Å². The molecule has 0 aliphatic heterocycles. The van der Waals surface area contributed by atoms with Crippen LogP contribution in [0.1, 0.15) is 29.7 Å². The van der Waals surface area contributed by atoms with Gasteiger partial charge in [0.25, 0.3) is 0 Å². The molecule has 12 heavy (non-hydrogen) atoms. The van der Waals surface area contributed by atoms with E-state index in [0.717, 1.165) is 5.56 Å². The van der Waals surface area contributed by atoms with Crippen molar-refractivity contribution < 1.29 is 0 Å². The highest BCUT2D eigenvalue weighted by atomic mass is 15.0. The average Bonchev–Trinajstić information content (AvgIpc) is 2.08. The largest absolute Gasteiger partial charge is 0.209 e. The van der Waals surface area contributed by atoms with Crippen LogP contribution in [0, 0.1) is 19.4 Å². The molecule has 2 heteroatoms. The van der Waals surface area contributed by atoms with E-state index in [-0.39, 0.29) is 6.04 Å². The van der Waals surface area contributed by atoms with E-state index < -0.39 is 0 Å². The Hall–Kier alpha value is -1.18. The van der Waals surface area contributed by atoms with Gasteiger partial charge < -0.3 is 0 Å². The van der Waals surface area contributed by atoms with Crippen LogP contribution in [0.3, 0.4) is 0 Å². The van der Waals surface area contributed by atoms with Gasteiger partial charge in [0.1, 0.15) is 0 Å². The van der Waals surface area contributed by atoms with Crippen LogP contribution in [-0.2, 0) is 0 Å². The lowest BCUT2D eigenvalue weighted by Crippen LogP contribution is -1.90. The topological polar surface area (TPSA) is 36.2 Å². The molecule has 0 amide bonds. The molecule has 0 saturated heterocycles. The third-order valence-electron chi connectivity index (χ3n) is 2.21. The van der Waals surface area contributed by atoms with Gasteiger partial charge in [0.15, 0.2) is 0 Å². The first-order valence-corrected chi connectivity index (χ1v) is 4.09. The molecule has 0 spiro atoms. The highest BCUT2D eigenvalue weighted by Gasteiger charge is 2.03. The van der Waals surface area contributed by atoms with Crippen molar-refractivity contribution in [3.8, 4) is 0 Å². The summed E-state index contributed by atoms with van der Waals surface area (Å²) in [6, 6.07) is 6.19. The molecule has 0 aliphatic carbocycles. The Labute approximate surface area is 73.1 Å². The third kappa shape index (κ3) is 1.70. The second kappa shape index (κ2) is 3.48. The zero-order valence-corrected chi connectivity index (χ0v) is 7.76. The Morgan fingerprint density at radius 3 is 2.42 bits per heavy atom. The van der Waals surface area contributed by atoms with Crippen molar-refractivity contribution in [3.63, 3.8) is 0 Å². The molecule has 0 heterocycles. The number of hydrogen-bond acceptors (Lipinski definition) is 2. The van der Waals surface area contributed by atoms with Crippen LogP contribution in [0.2, 0.25) is 0 Å². The van der Waals surface area contributed by atoms with Crippen molar-refractivity contribution in [2.75, 3.05) is 0 Å². The maximum absolute atomic E-state index is 6.90. The quantitative estimate of drug-likeness (QED) is 0.647. The number of nitrogens with one attached hydrogen (secondary N) is 1. The second-order valence-electron chi connectivity index (χ2n) is 3.15. The Morgan fingerprint density at radius 2 is 1.92 bits per heavy atom. The Kier molecular flexibility index (Phi) is 2.58. The minimum atomic E-state index is -0.00991. The highest BCUT2D eigenvalue weighted by molar-refractivity contribution is 5.31. The maximum Gasteiger partial charge on any atom is 0.0927 e. The van der Waals surface area contributed by atoms with Crippen LogP contribution >= 0.6 is 0 Å². The molecule has 0 fully saturated rings. The fraction of sp³-hybridized carbons (Fsp3) is 0.400. The predicted octanol–water partition coefficient (Wildman–Crippen LogP) is 3.40. The van der Waals surface area contributed by atoms with Crippen molar-refractivity contribution in [1.29, 1.82) is 5.53 Å². The van der Waals surface area contributed by atoms with Gasteiger partial charge in [0, 0.05) is 0 Å². The van der Waals surface area contributed by atoms with Crippen molar-refractivity contribution >= 4 is 0 Å². The molecule has 2 nitrogen and oxygen atoms in total. The van der Waals surface area contributed by atoms with Gasteiger partial charge in [-0.25, -0.2) is 5.53 Å². The average molecular weight is 162 g/mol. The molecule has 0 aromatic heterocycles. The van der Waals surface area contributed by atoms with Crippen LogP contribution in [0.5, 0.6) is 0 Å². The monoisotopic (exact) mass is 162 g/mol. The number of hydrogen-bond donors (Lipinski definition) is 1. The normalized spacial score (nSPS) is 12.6. The Bertz CT molecular complexity index is 292. The number of benzene rings is 1. The Balaban J connectivity index is 3.04. The van der Waals surface area contributed by atoms with E-state index in [9.17, 15) is 0 Å². The Morgan fingerprint density at radius 1 is 1.25 bits per heavy atom. The third-order valence-corrected chi connectivity index (χ3v) is 2.21. The molecule has 0 bridgehead atoms. The van der Waals surface area contributed by atoms with Crippen LogP contribution < -0.4 is 0 Å². The van der Waals surface area contributed by atoms with E-state index in [2.05, 4.69) is 31.1 Å². The standard InChI is InChI=1S/C10H14N2/c1-7-4-5-10(6-8(7)2)9(3)12-11/h4-6,9,11H,1-3H3. The maximum atomic E-state index is 6.90. The number of aryl methyl sites for hydroxylation is 2. The smallest absolute Gasteiger partial charge is 0.0927 e. The summed E-state index contributed by atoms with van der Waals surface area (Å²) in [5.41, 5.74) is 10.6. The zero-order valence-electron chi connectivity index (χ0n) is 7.76. The minimum Gasteiger partial charge on any atom is -0.209 e. The van der Waals surface area contributed by atoms with Crippen LogP contribution in [0.4, 0.5) is 0 Å². The molecule has 1 rings (SSSR count). The summed E-state index contributed by atoms with van der Waals surface area (Å²) in [7, 11) is 0. The van der Waals surface area contributed by atoms with Crippen molar-refractivity contribution in [1.82, 2.24) is 0 Å². The lowest BCUT2D eigenvalue weighted by Gasteiger charge is -2.06. The zero-order chi connectivity index (χ0) is 9.14. The van der Waals surface area contributed by atoms with Gasteiger partial charge in [-0.2, -0.15) is 5.11 Å². The van der Waals surface area contributed by atoms with Gasteiger partial charge in [-0.3, -0.25) is 0 Å². The highest BCUT2D eigenvalue weighted by Crippen LogP contribution is 2.18. The molecule has 1 aromatic carbocycles. The molecule has 1 atom stereocenters. The minimum absolute atomic E-state index is 0.00991. The van der Waals surface area contributed by atoms with E-state index in [1.54, 1.807) is 0 Å². The van der Waals surface area contributed by atoms with E-state index in [0.29, 0.717) is 0 Å². The number of rotatable bonds is 2. The fourth-order valence-electron chi connectivity index (χ4n) is 1.10.